The highest BCUT2D eigenvalue weighted by atomic mass is 16.6. The molecular weight excluding hydrogens is 1480 g/mol. The molecule has 12 heteroatoms. The maximum absolute atomic E-state index is 11.7. The summed E-state index contributed by atoms with van der Waals surface area (Å²) < 4.78 is -0.830. The second-order valence-corrected chi connectivity index (χ2v) is 46.9. The second-order valence-electron chi connectivity index (χ2n) is 46.9. The number of hydrogen-bond acceptors (Lipinski definition) is 6. The minimum Gasteiger partial charge on any atom is -0.633 e. The van der Waals surface area contributed by atoms with Crippen LogP contribution >= 0.6 is 0 Å². The molecule has 0 rings (SSSR count). The van der Waals surface area contributed by atoms with Gasteiger partial charge in [-0.25, -0.2) is 0 Å². The summed E-state index contributed by atoms with van der Waals surface area (Å²) in [4.78, 5) is 0. The van der Waals surface area contributed by atoms with Crippen molar-refractivity contribution >= 4 is 0 Å². The molecule has 732 valence electrons. The van der Waals surface area contributed by atoms with E-state index in [9.17, 15) is 31.2 Å². The van der Waals surface area contributed by atoms with Gasteiger partial charge in [0.15, 0.2) is 0 Å². The molecule has 0 aromatic carbocycles. The molecule has 0 spiro atoms. The number of hydroxylamine groups is 18. The van der Waals surface area contributed by atoms with Crippen LogP contribution in [0.2, 0.25) is 0 Å². The van der Waals surface area contributed by atoms with Gasteiger partial charge in [0.05, 0.1) is 124 Å². The first-order valence-electron chi connectivity index (χ1n) is 52.6. The van der Waals surface area contributed by atoms with Crippen LogP contribution in [-0.4, -0.2) is 152 Å². The quantitative estimate of drug-likeness (QED) is 0.0439. The lowest BCUT2D eigenvalue weighted by molar-refractivity contribution is -0.840. The predicted octanol–water partition coefficient (Wildman–Crippen LogP) is 33.7. The Hall–Kier alpha value is -0.480. The van der Waals surface area contributed by atoms with Crippen molar-refractivity contribution in [2.24, 2.45) is 107 Å². The molecule has 0 aliphatic rings. The zero-order chi connectivity index (χ0) is 93.6. The molecule has 12 atom stereocenters. The van der Waals surface area contributed by atoms with E-state index in [1.165, 1.54) is 270 Å². The van der Waals surface area contributed by atoms with Crippen molar-refractivity contribution in [2.75, 3.05) is 124 Å². The van der Waals surface area contributed by atoms with Crippen LogP contribution in [0.5, 0.6) is 0 Å². The lowest BCUT2D eigenvalue weighted by Crippen LogP contribution is -2.34. The first kappa shape index (κ1) is 130. The summed E-state index contributed by atoms with van der Waals surface area (Å²) in [6, 6.07) is 0. The van der Waals surface area contributed by atoms with Crippen LogP contribution in [0.1, 0.15) is 474 Å². The van der Waals surface area contributed by atoms with E-state index in [2.05, 4.69) is 166 Å². The van der Waals surface area contributed by atoms with Crippen molar-refractivity contribution in [3.63, 3.8) is 0 Å². The van der Waals surface area contributed by atoms with Gasteiger partial charge >= 0.3 is 0 Å². The molecule has 0 saturated heterocycles. The average molecular weight is 1710 g/mol. The third kappa shape index (κ3) is 118. The molecule has 0 radical (unpaired) electrons. The maximum Gasteiger partial charge on any atom is 0.0782 e. The highest BCUT2D eigenvalue weighted by Gasteiger charge is 2.18. The summed E-state index contributed by atoms with van der Waals surface area (Å²) in [7, 11) is 20.9. The van der Waals surface area contributed by atoms with Crippen molar-refractivity contribution in [3.8, 4) is 0 Å². The van der Waals surface area contributed by atoms with E-state index >= 15 is 0 Å². The summed E-state index contributed by atoms with van der Waals surface area (Å²) >= 11 is 0. The zero-order valence-corrected chi connectivity index (χ0v) is 89.7. The van der Waals surface area contributed by atoms with Crippen LogP contribution in [0, 0.1) is 138 Å². The van der Waals surface area contributed by atoms with Gasteiger partial charge in [-0.05, 0) is 164 Å². The summed E-state index contributed by atoms with van der Waals surface area (Å²) in [5.41, 5.74) is 0. The van der Waals surface area contributed by atoms with Crippen molar-refractivity contribution in [3.05, 3.63) is 31.2 Å². The SMILES string of the molecule is CC(C)CCCC(C)CCCC(C)CCCC(C)CCC[N+](C)(C)[O-].CC(C)CCCC(C)CCCC(C)CCC[N+](C)(C)[O-].CC(C)CCCC(C)CCC[N+](C)(C)[O-].CCC(CCCC(C)C)CC[N+](C)(C)[O-].CCC(CCCC(C)CCCC(C)C)CC[N+](C)(C)[O-].CCC(CCCC(C)CCCC(C)CCCC(C)C)CC[N+](C)(C)[O-]. The number of rotatable bonds is 72. The topological polar surface area (TPSA) is 138 Å². The monoisotopic (exact) mass is 1710 g/mol. The normalized spacial score (nSPS) is 15.6. The van der Waals surface area contributed by atoms with Crippen LogP contribution < -0.4 is 0 Å². The Morgan fingerprint density at radius 2 is 0.250 bits per heavy atom. The molecule has 0 aliphatic carbocycles. The van der Waals surface area contributed by atoms with Gasteiger partial charge in [0.25, 0.3) is 0 Å². The molecule has 0 aliphatic heterocycles. The molecule has 120 heavy (non-hydrogen) atoms. The van der Waals surface area contributed by atoms with Gasteiger partial charge in [-0.2, -0.15) is 0 Å². The van der Waals surface area contributed by atoms with Crippen molar-refractivity contribution in [1.82, 2.24) is 0 Å². The van der Waals surface area contributed by atoms with Gasteiger partial charge in [0.2, 0.25) is 0 Å². The Balaban J connectivity index is -0.000000328. The molecule has 0 heterocycles. The molecule has 12 unspecified atom stereocenters. The van der Waals surface area contributed by atoms with E-state index in [0.717, 1.165) is 184 Å². The standard InChI is InChI=1S/2C23H49NO.2C18H39NO.2C13H29NO/c1-20(2)12-8-13-21(3)14-9-15-22(4)16-10-17-23(5)18-11-19-24(6,7)25;1-8-23(18-19-24(6,7)25)17-11-16-22(5)15-10-14-21(4)13-9-12-20(2)3;1-16(2)10-7-11-17(3)12-8-13-18(4)14-9-15-19(5,6)20;1-7-18(14-15-19(5,6)20)13-9-12-17(4)11-8-10-16(2)3;1-12(2)8-6-9-13(3)10-7-11-14(4,5)15;1-6-13(9-7-8-12(2)3)10-11-14(4,5)15/h2*20-23H,8-19H2,1-7H3;2*16-18H,7-15H2,1-6H3;2*12-13H,6-11H2,1-5H3. The van der Waals surface area contributed by atoms with E-state index in [4.69, 9.17) is 0 Å². The number of nitrogens with zero attached hydrogens (tertiary/aromatic N) is 6. The van der Waals surface area contributed by atoms with E-state index in [0.29, 0.717) is 0 Å². The second kappa shape index (κ2) is 79.5. The Labute approximate surface area is 759 Å². The Morgan fingerprint density at radius 1 is 0.142 bits per heavy atom. The van der Waals surface area contributed by atoms with Crippen molar-refractivity contribution < 1.29 is 27.9 Å². The van der Waals surface area contributed by atoms with Crippen LogP contribution in [0.4, 0.5) is 0 Å². The molecule has 0 amide bonds. The molecular formula is C108H234N6O6. The molecule has 0 aromatic rings. The molecule has 0 N–H and O–H groups in total. The van der Waals surface area contributed by atoms with Gasteiger partial charge in [0, 0.05) is 0 Å². The summed E-state index contributed by atoms with van der Waals surface area (Å²) in [5, 5.41) is 69.1. The molecule has 0 saturated carbocycles. The fourth-order valence-corrected chi connectivity index (χ4v) is 16.9. The van der Waals surface area contributed by atoms with E-state index in [1.807, 2.05) is 0 Å². The fraction of sp³-hybridized carbons (Fsp3) is 1.00. The third-order valence-electron chi connectivity index (χ3n) is 26.1. The van der Waals surface area contributed by atoms with Gasteiger partial charge in [-0.15, -0.1) is 0 Å². The lowest BCUT2D eigenvalue weighted by atomic mass is 9.89. The predicted molar refractivity (Wildman–Crippen MR) is 543 cm³/mol. The van der Waals surface area contributed by atoms with Crippen LogP contribution in [0.3, 0.4) is 0 Å². The van der Waals surface area contributed by atoms with Gasteiger partial charge in [-0.3, -0.25) is 0 Å². The first-order valence-corrected chi connectivity index (χ1v) is 52.6. The van der Waals surface area contributed by atoms with Crippen molar-refractivity contribution in [2.45, 2.75) is 474 Å². The summed E-state index contributed by atoms with van der Waals surface area (Å²) in [6.45, 7) is 60.6. The van der Waals surface area contributed by atoms with E-state index in [1.54, 1.807) is 84.6 Å². The zero-order valence-electron chi connectivity index (χ0n) is 89.7. The van der Waals surface area contributed by atoms with E-state index < -0.39 is 0 Å². The summed E-state index contributed by atoms with van der Waals surface area (Å²) in [6.07, 6.45) is 63.2. The average Bonchev–Trinajstić information content (AvgIpc) is 0.973. The van der Waals surface area contributed by atoms with E-state index in [-0.39, 0.29) is 27.9 Å². The third-order valence-corrected chi connectivity index (χ3v) is 26.1. The molecule has 12 nitrogen and oxygen atoms in total. The molecule has 0 bridgehead atoms. The number of hydrogen-bond donors (Lipinski definition) is 0. The van der Waals surface area contributed by atoms with Gasteiger partial charge < -0.3 is 59.1 Å². The Bertz CT molecular complexity index is 2060. The minimum atomic E-state index is -0.140. The number of quaternary nitrogens is 6. The van der Waals surface area contributed by atoms with Crippen LogP contribution in [-0.2, 0) is 0 Å². The van der Waals surface area contributed by atoms with Crippen LogP contribution in [0.25, 0.3) is 0 Å². The highest BCUT2D eigenvalue weighted by Crippen LogP contribution is 2.30. The fourth-order valence-electron chi connectivity index (χ4n) is 16.9. The summed E-state index contributed by atoms with van der Waals surface area (Å²) in [5.74, 6) is 15.0. The van der Waals surface area contributed by atoms with Gasteiger partial charge in [-0.1, -0.05) is 417 Å². The minimum absolute atomic E-state index is 0.137. The molecule has 0 fully saturated rings. The first-order chi connectivity index (χ1) is 55.3. The maximum atomic E-state index is 11.7. The Kier molecular flexibility index (Phi) is 86.3. The molecule has 0 aromatic heterocycles. The smallest absolute Gasteiger partial charge is 0.0782 e. The van der Waals surface area contributed by atoms with Gasteiger partial charge in [0.1, 0.15) is 0 Å². The van der Waals surface area contributed by atoms with Crippen LogP contribution in [0.15, 0.2) is 0 Å². The Morgan fingerprint density at radius 3 is 0.367 bits per heavy atom. The lowest BCUT2D eigenvalue weighted by Gasteiger charge is -2.35. The van der Waals surface area contributed by atoms with Crippen molar-refractivity contribution in [1.29, 1.82) is 0 Å². The highest BCUT2D eigenvalue weighted by molar-refractivity contribution is 4.68. The largest absolute Gasteiger partial charge is 0.633 e.